The van der Waals surface area contributed by atoms with Crippen molar-refractivity contribution in [3.05, 3.63) is 28.8 Å². The number of sulfonamides is 1. The maximum Gasteiger partial charge on any atom is 0.248 e. The molecule has 2 fully saturated rings. The number of piperidine rings is 1. The molecule has 2 heterocycles. The molecule has 0 saturated carbocycles. The Balaban J connectivity index is 1.59. The van der Waals surface area contributed by atoms with Gasteiger partial charge in [-0.2, -0.15) is 4.31 Å². The van der Waals surface area contributed by atoms with Crippen molar-refractivity contribution in [2.45, 2.75) is 63.4 Å². The Morgan fingerprint density at radius 3 is 2.32 bits per heavy atom. The summed E-state index contributed by atoms with van der Waals surface area (Å²) in [5, 5.41) is 0. The standard InChI is InChI=1S/C23H37N3O4S/c1-17-13-18(2)23(19(3)14-17)31(28,29)26-10-6-7-21(26)15-30-16-22(27)25(5)20-8-11-24(4)12-9-20/h13-14,20-21H,6-12,15-16H2,1-5H3. The first-order chi connectivity index (χ1) is 14.6. The maximum atomic E-state index is 13.4. The van der Waals surface area contributed by atoms with Crippen molar-refractivity contribution < 1.29 is 17.9 Å². The van der Waals surface area contributed by atoms with E-state index in [9.17, 15) is 13.2 Å². The molecule has 31 heavy (non-hydrogen) atoms. The molecule has 1 atom stereocenters. The Bertz CT molecular complexity index is 871. The van der Waals surface area contributed by atoms with Crippen LogP contribution in [0.3, 0.4) is 0 Å². The van der Waals surface area contributed by atoms with Crippen LogP contribution in [0.15, 0.2) is 17.0 Å². The smallest absolute Gasteiger partial charge is 0.248 e. The van der Waals surface area contributed by atoms with E-state index in [1.54, 1.807) is 9.21 Å². The zero-order valence-electron chi connectivity index (χ0n) is 19.6. The first-order valence-corrected chi connectivity index (χ1v) is 12.7. The second kappa shape index (κ2) is 9.98. The summed E-state index contributed by atoms with van der Waals surface area (Å²) in [5.74, 6) is -0.0350. The first-order valence-electron chi connectivity index (χ1n) is 11.2. The summed E-state index contributed by atoms with van der Waals surface area (Å²) < 4.78 is 34.2. The molecule has 2 saturated heterocycles. The zero-order chi connectivity index (χ0) is 22.8. The van der Waals surface area contributed by atoms with Gasteiger partial charge in [-0.1, -0.05) is 17.7 Å². The van der Waals surface area contributed by atoms with E-state index in [0.29, 0.717) is 11.4 Å². The molecule has 0 radical (unpaired) electrons. The van der Waals surface area contributed by atoms with E-state index in [2.05, 4.69) is 11.9 Å². The molecule has 2 aliphatic rings. The Kier molecular flexibility index (Phi) is 7.78. The van der Waals surface area contributed by atoms with Gasteiger partial charge in [-0.15, -0.1) is 0 Å². The largest absolute Gasteiger partial charge is 0.370 e. The molecule has 0 N–H and O–H groups in total. The van der Waals surface area contributed by atoms with Crippen LogP contribution in [0.5, 0.6) is 0 Å². The van der Waals surface area contributed by atoms with Crippen molar-refractivity contribution in [2.24, 2.45) is 0 Å². The van der Waals surface area contributed by atoms with Crippen LogP contribution in [0.4, 0.5) is 0 Å². The van der Waals surface area contributed by atoms with Crippen LogP contribution in [-0.4, -0.2) is 87.5 Å². The van der Waals surface area contributed by atoms with E-state index >= 15 is 0 Å². The molecule has 8 heteroatoms. The Morgan fingerprint density at radius 1 is 1.10 bits per heavy atom. The van der Waals surface area contributed by atoms with Crippen LogP contribution in [0, 0.1) is 20.8 Å². The highest BCUT2D eigenvalue weighted by Crippen LogP contribution is 2.30. The summed E-state index contributed by atoms with van der Waals surface area (Å²) in [6.07, 6.45) is 3.51. The number of hydrogen-bond acceptors (Lipinski definition) is 5. The van der Waals surface area contributed by atoms with Crippen molar-refractivity contribution >= 4 is 15.9 Å². The minimum Gasteiger partial charge on any atom is -0.370 e. The van der Waals surface area contributed by atoms with Gasteiger partial charge in [0, 0.05) is 25.7 Å². The zero-order valence-corrected chi connectivity index (χ0v) is 20.4. The Hall–Kier alpha value is -1.48. The summed E-state index contributed by atoms with van der Waals surface area (Å²) in [7, 11) is 0.342. The molecule has 7 nitrogen and oxygen atoms in total. The normalized spacial score (nSPS) is 21.5. The van der Waals surface area contributed by atoms with Gasteiger partial charge in [0.1, 0.15) is 6.61 Å². The van der Waals surface area contributed by atoms with E-state index < -0.39 is 10.0 Å². The highest BCUT2D eigenvalue weighted by molar-refractivity contribution is 7.89. The van der Waals surface area contributed by atoms with Crippen molar-refractivity contribution in [2.75, 3.05) is 46.9 Å². The monoisotopic (exact) mass is 451 g/mol. The molecule has 1 amide bonds. The van der Waals surface area contributed by atoms with Gasteiger partial charge in [-0.05, 0) is 77.7 Å². The molecular weight excluding hydrogens is 414 g/mol. The number of rotatable bonds is 7. The minimum atomic E-state index is -3.60. The maximum absolute atomic E-state index is 13.4. The van der Waals surface area contributed by atoms with Crippen LogP contribution < -0.4 is 0 Å². The molecule has 2 aliphatic heterocycles. The molecule has 0 aromatic heterocycles. The average Bonchev–Trinajstić information content (AvgIpc) is 3.16. The minimum absolute atomic E-state index is 0.00415. The van der Waals surface area contributed by atoms with Crippen molar-refractivity contribution in [1.29, 1.82) is 0 Å². The van der Waals surface area contributed by atoms with E-state index in [-0.39, 0.29) is 31.2 Å². The predicted octanol–water partition coefficient (Wildman–Crippen LogP) is 2.33. The van der Waals surface area contributed by atoms with Crippen LogP contribution in [0.1, 0.15) is 42.4 Å². The topological polar surface area (TPSA) is 70.2 Å². The lowest BCUT2D eigenvalue weighted by Gasteiger charge is -2.35. The van der Waals surface area contributed by atoms with Gasteiger partial charge in [0.15, 0.2) is 0 Å². The fraction of sp³-hybridized carbons (Fsp3) is 0.696. The van der Waals surface area contributed by atoms with Crippen LogP contribution in [-0.2, 0) is 19.6 Å². The van der Waals surface area contributed by atoms with Gasteiger partial charge in [-0.25, -0.2) is 8.42 Å². The third-order valence-corrected chi connectivity index (χ3v) is 8.92. The van der Waals surface area contributed by atoms with E-state index in [1.165, 1.54) is 0 Å². The highest BCUT2D eigenvalue weighted by Gasteiger charge is 2.37. The average molecular weight is 452 g/mol. The van der Waals surface area contributed by atoms with Gasteiger partial charge >= 0.3 is 0 Å². The third kappa shape index (κ3) is 5.48. The molecule has 0 aliphatic carbocycles. The van der Waals surface area contributed by atoms with Crippen molar-refractivity contribution in [3.63, 3.8) is 0 Å². The number of aryl methyl sites for hydroxylation is 3. The number of hydrogen-bond donors (Lipinski definition) is 0. The number of carbonyl (C=O) groups is 1. The van der Waals surface area contributed by atoms with Gasteiger partial charge in [-0.3, -0.25) is 4.79 Å². The van der Waals surface area contributed by atoms with Gasteiger partial charge in [0.05, 0.1) is 11.5 Å². The molecule has 0 bridgehead atoms. The quantitative estimate of drug-likeness (QED) is 0.636. The van der Waals surface area contributed by atoms with Crippen molar-refractivity contribution in [1.82, 2.24) is 14.1 Å². The lowest BCUT2D eigenvalue weighted by atomic mass is 10.0. The predicted molar refractivity (Wildman–Crippen MR) is 122 cm³/mol. The summed E-state index contributed by atoms with van der Waals surface area (Å²) in [6.45, 7) is 8.41. The van der Waals surface area contributed by atoms with Gasteiger partial charge in [0.2, 0.25) is 15.9 Å². The molecular formula is C23H37N3O4S. The fourth-order valence-corrected chi connectivity index (χ4v) is 7.05. The molecule has 1 aromatic rings. The SMILES string of the molecule is Cc1cc(C)c(S(=O)(=O)N2CCCC2COCC(=O)N(C)C2CCN(C)CC2)c(C)c1. The van der Waals surface area contributed by atoms with E-state index in [1.807, 2.05) is 40.0 Å². The molecule has 1 aromatic carbocycles. The number of amides is 1. The van der Waals surface area contributed by atoms with E-state index in [4.69, 9.17) is 4.74 Å². The number of likely N-dealkylation sites (tertiary alicyclic amines) is 1. The van der Waals surface area contributed by atoms with Gasteiger partial charge in [0.25, 0.3) is 0 Å². The third-order valence-electron chi connectivity index (χ3n) is 6.66. The number of likely N-dealkylation sites (N-methyl/N-ethyl adjacent to an activating group) is 1. The second-order valence-corrected chi connectivity index (χ2v) is 11.0. The second-order valence-electron chi connectivity index (χ2n) is 9.19. The fourth-order valence-electron chi connectivity index (χ4n) is 4.95. The molecule has 0 spiro atoms. The highest BCUT2D eigenvalue weighted by atomic mass is 32.2. The number of ether oxygens (including phenoxy) is 1. The van der Waals surface area contributed by atoms with Gasteiger partial charge < -0.3 is 14.5 Å². The summed E-state index contributed by atoms with van der Waals surface area (Å²) in [6, 6.07) is 3.85. The number of carbonyl (C=O) groups excluding carboxylic acids is 1. The lowest BCUT2D eigenvalue weighted by molar-refractivity contribution is -0.138. The molecule has 1 unspecified atom stereocenters. The van der Waals surface area contributed by atoms with Crippen LogP contribution >= 0.6 is 0 Å². The van der Waals surface area contributed by atoms with Crippen LogP contribution in [0.2, 0.25) is 0 Å². The van der Waals surface area contributed by atoms with Crippen molar-refractivity contribution in [3.8, 4) is 0 Å². The van der Waals surface area contributed by atoms with Crippen LogP contribution in [0.25, 0.3) is 0 Å². The Morgan fingerprint density at radius 2 is 1.71 bits per heavy atom. The molecule has 3 rings (SSSR count). The first kappa shape index (κ1) is 24.2. The molecule has 174 valence electrons. The summed E-state index contributed by atoms with van der Waals surface area (Å²) >= 11 is 0. The van der Waals surface area contributed by atoms with E-state index in [0.717, 1.165) is 55.5 Å². The number of nitrogens with zero attached hydrogens (tertiary/aromatic N) is 3. The Labute approximate surface area is 187 Å². The summed E-state index contributed by atoms with van der Waals surface area (Å²) in [4.78, 5) is 17.1. The summed E-state index contributed by atoms with van der Waals surface area (Å²) in [5.41, 5.74) is 2.61. The lowest BCUT2D eigenvalue weighted by Crippen LogP contribution is -2.46. The number of benzene rings is 1.